The van der Waals surface area contributed by atoms with Gasteiger partial charge in [-0.05, 0) is 36.8 Å². The number of nitrogens with zero attached hydrogens (tertiary/aromatic N) is 2. The van der Waals surface area contributed by atoms with E-state index in [1.165, 1.54) is 59.7 Å². The second kappa shape index (κ2) is 5.67. The maximum Gasteiger partial charge on any atom is 0.230 e. The molecule has 5 rings (SSSR count). The Morgan fingerprint density at radius 1 is 1.07 bits per heavy atom. The van der Waals surface area contributed by atoms with Gasteiger partial charge in [-0.3, -0.25) is 0 Å². The molecular weight excluding hydrogens is 332 g/mol. The average Bonchev–Trinajstić information content (AvgIpc) is 2.98. The molecule has 0 amide bonds. The van der Waals surface area contributed by atoms with E-state index < -0.39 is 0 Å². The molecule has 3 nitrogen and oxygen atoms in total. The van der Waals surface area contributed by atoms with Crippen molar-refractivity contribution in [2.24, 2.45) is 5.41 Å². The number of fused-ring (bicyclic) bond motifs is 4. The van der Waals surface area contributed by atoms with Crippen LogP contribution < -0.4 is 0 Å². The van der Waals surface area contributed by atoms with Crippen LogP contribution in [0, 0.1) is 12.3 Å². The molecule has 27 heavy (non-hydrogen) atoms. The fourth-order valence-corrected chi connectivity index (χ4v) is 5.38. The fourth-order valence-electron chi connectivity index (χ4n) is 5.38. The Morgan fingerprint density at radius 3 is 2.59 bits per heavy atom. The van der Waals surface area contributed by atoms with Gasteiger partial charge in [-0.1, -0.05) is 57.7 Å². The summed E-state index contributed by atoms with van der Waals surface area (Å²) in [5, 5.41) is 1.18. The summed E-state index contributed by atoms with van der Waals surface area (Å²) in [4.78, 5) is 9.27. The Hall–Kier alpha value is -2.16. The molecule has 0 unspecified atom stereocenters. The largest absolute Gasteiger partial charge is 0.442 e. The Kier molecular flexibility index (Phi) is 3.56. The predicted octanol–water partition coefficient (Wildman–Crippen LogP) is 6.35. The molecule has 1 spiro atoms. The average molecular weight is 361 g/mol. The maximum absolute atomic E-state index is 6.42. The molecule has 2 aromatic heterocycles. The molecule has 140 valence electrons. The molecule has 3 aromatic rings. The monoisotopic (exact) mass is 360 g/mol. The quantitative estimate of drug-likeness (QED) is 0.507. The van der Waals surface area contributed by atoms with Crippen molar-refractivity contribution in [3.63, 3.8) is 0 Å². The van der Waals surface area contributed by atoms with E-state index in [0.717, 1.165) is 23.6 Å². The lowest BCUT2D eigenvalue weighted by Crippen LogP contribution is -2.34. The van der Waals surface area contributed by atoms with Gasteiger partial charge in [0.15, 0.2) is 0 Å². The molecule has 0 N–H and O–H groups in total. The zero-order valence-electron chi connectivity index (χ0n) is 16.9. The highest BCUT2D eigenvalue weighted by molar-refractivity contribution is 5.98. The smallest absolute Gasteiger partial charge is 0.230 e. The van der Waals surface area contributed by atoms with Gasteiger partial charge in [0.1, 0.15) is 12.1 Å². The topological polar surface area (TPSA) is 38.9 Å². The molecule has 0 atom stereocenters. The van der Waals surface area contributed by atoms with E-state index in [2.05, 4.69) is 50.9 Å². The van der Waals surface area contributed by atoms with Gasteiger partial charge in [-0.25, -0.2) is 9.97 Å². The minimum atomic E-state index is 0.0603. The minimum absolute atomic E-state index is 0.0603. The highest BCUT2D eigenvalue weighted by Gasteiger charge is 2.46. The van der Waals surface area contributed by atoms with Crippen molar-refractivity contribution >= 4 is 11.1 Å². The third-order valence-electron chi connectivity index (χ3n) is 6.38. The first-order chi connectivity index (χ1) is 12.9. The fraction of sp³-hybridized carbons (Fsp3) is 0.500. The first-order valence-electron chi connectivity index (χ1n) is 10.3. The van der Waals surface area contributed by atoms with Crippen molar-refractivity contribution in [3.8, 4) is 11.3 Å². The van der Waals surface area contributed by atoms with Crippen LogP contribution in [0.1, 0.15) is 75.3 Å². The molecule has 0 saturated heterocycles. The van der Waals surface area contributed by atoms with Gasteiger partial charge < -0.3 is 4.42 Å². The molecule has 3 heteroatoms. The summed E-state index contributed by atoms with van der Waals surface area (Å²) in [7, 11) is 0. The van der Waals surface area contributed by atoms with E-state index >= 15 is 0 Å². The lowest BCUT2D eigenvalue weighted by Gasteiger charge is -2.42. The zero-order valence-corrected chi connectivity index (χ0v) is 16.9. The van der Waals surface area contributed by atoms with Crippen LogP contribution in [-0.4, -0.2) is 9.97 Å². The zero-order chi connectivity index (χ0) is 18.8. The Bertz CT molecular complexity index is 1030. The normalized spacial score (nSPS) is 18.1. The maximum atomic E-state index is 6.42. The van der Waals surface area contributed by atoms with Crippen LogP contribution in [0.25, 0.3) is 22.4 Å². The highest BCUT2D eigenvalue weighted by atomic mass is 16.3. The third kappa shape index (κ3) is 2.47. The van der Waals surface area contributed by atoms with Crippen LogP contribution in [0.3, 0.4) is 0 Å². The molecule has 1 saturated carbocycles. The van der Waals surface area contributed by atoms with Crippen LogP contribution >= 0.6 is 0 Å². The third-order valence-corrected chi connectivity index (χ3v) is 6.38. The molecule has 1 fully saturated rings. The molecule has 0 aliphatic heterocycles. The van der Waals surface area contributed by atoms with Crippen molar-refractivity contribution in [1.82, 2.24) is 9.97 Å². The lowest BCUT2D eigenvalue weighted by molar-refractivity contribution is 0.324. The number of benzene rings is 1. The first-order valence-corrected chi connectivity index (χ1v) is 10.3. The molecule has 0 bridgehead atoms. The van der Waals surface area contributed by atoms with E-state index in [1.807, 2.05) is 0 Å². The number of aromatic nitrogens is 2. The van der Waals surface area contributed by atoms with E-state index in [4.69, 9.17) is 9.40 Å². The Balaban J connectivity index is 1.89. The lowest BCUT2D eigenvalue weighted by atomic mass is 9.60. The van der Waals surface area contributed by atoms with Crippen LogP contribution in [0.2, 0.25) is 0 Å². The predicted molar refractivity (Wildman–Crippen MR) is 109 cm³/mol. The molecule has 2 aliphatic rings. The van der Waals surface area contributed by atoms with Crippen LogP contribution in [0.5, 0.6) is 0 Å². The number of rotatable bonds is 1. The van der Waals surface area contributed by atoms with E-state index in [-0.39, 0.29) is 10.8 Å². The van der Waals surface area contributed by atoms with E-state index in [9.17, 15) is 0 Å². The molecule has 2 aliphatic carbocycles. The summed E-state index contributed by atoms with van der Waals surface area (Å²) in [5.74, 6) is 1.13. The van der Waals surface area contributed by atoms with Crippen molar-refractivity contribution in [1.29, 1.82) is 0 Å². The summed E-state index contributed by atoms with van der Waals surface area (Å²) in [6.45, 7) is 9.02. The molecular formula is C24H28N2O. The summed E-state index contributed by atoms with van der Waals surface area (Å²) in [6, 6.07) is 6.94. The van der Waals surface area contributed by atoms with Gasteiger partial charge in [-0.15, -0.1) is 0 Å². The van der Waals surface area contributed by atoms with Gasteiger partial charge in [-0.2, -0.15) is 0 Å². The van der Waals surface area contributed by atoms with Crippen LogP contribution in [0.4, 0.5) is 0 Å². The van der Waals surface area contributed by atoms with Crippen molar-refractivity contribution in [2.75, 3.05) is 0 Å². The van der Waals surface area contributed by atoms with Gasteiger partial charge >= 0.3 is 0 Å². The molecule has 1 aromatic carbocycles. The van der Waals surface area contributed by atoms with Crippen LogP contribution in [-0.2, 0) is 11.8 Å². The summed E-state index contributed by atoms with van der Waals surface area (Å²) in [6.07, 6.45) is 8.87. The summed E-state index contributed by atoms with van der Waals surface area (Å²) >= 11 is 0. The standard InChI is InChI=1S/C24H28N2O/c1-15-8-9-17-16(12-15)21-19-20(24(17)10-6-5-7-11-24)18(13-23(2,3)4)27-22(19)26-14-25-21/h8-9,12,14H,5-7,10-11,13H2,1-4H3. The first kappa shape index (κ1) is 17.0. The Morgan fingerprint density at radius 2 is 1.85 bits per heavy atom. The van der Waals surface area contributed by atoms with Gasteiger partial charge in [0, 0.05) is 23.0 Å². The van der Waals surface area contributed by atoms with E-state index in [1.54, 1.807) is 6.33 Å². The number of aryl methyl sites for hydroxylation is 1. The number of furan rings is 1. The van der Waals surface area contributed by atoms with Crippen LogP contribution in [0.15, 0.2) is 28.9 Å². The molecule has 0 radical (unpaired) electrons. The number of hydrogen-bond acceptors (Lipinski definition) is 3. The summed E-state index contributed by atoms with van der Waals surface area (Å²) in [5.41, 5.74) is 7.50. The Labute approximate surface area is 161 Å². The van der Waals surface area contributed by atoms with Crippen molar-refractivity contribution in [3.05, 3.63) is 47.0 Å². The minimum Gasteiger partial charge on any atom is -0.442 e. The SMILES string of the molecule is Cc1ccc2c(c1)-c1ncnc3oc(CC(C)(C)C)c(c13)C21CCCCC1. The van der Waals surface area contributed by atoms with Crippen molar-refractivity contribution in [2.45, 2.75) is 71.6 Å². The second-order valence-electron chi connectivity index (χ2n) is 9.73. The van der Waals surface area contributed by atoms with Gasteiger partial charge in [0.05, 0.1) is 11.1 Å². The van der Waals surface area contributed by atoms with Crippen molar-refractivity contribution < 1.29 is 4.42 Å². The van der Waals surface area contributed by atoms with Gasteiger partial charge in [0.2, 0.25) is 5.71 Å². The highest BCUT2D eigenvalue weighted by Crippen LogP contribution is 2.56. The number of hydrogen-bond donors (Lipinski definition) is 0. The van der Waals surface area contributed by atoms with Gasteiger partial charge in [0.25, 0.3) is 0 Å². The summed E-state index contributed by atoms with van der Waals surface area (Å²) < 4.78 is 6.42. The second-order valence-corrected chi connectivity index (χ2v) is 9.73. The van der Waals surface area contributed by atoms with E-state index in [0.29, 0.717) is 0 Å². The molecule has 2 heterocycles.